The van der Waals surface area contributed by atoms with E-state index in [0.717, 1.165) is 22.2 Å². The third-order valence-electron chi connectivity index (χ3n) is 4.47. The molecule has 0 radical (unpaired) electrons. The summed E-state index contributed by atoms with van der Waals surface area (Å²) < 4.78 is 1.84. The van der Waals surface area contributed by atoms with Gasteiger partial charge in [0.1, 0.15) is 0 Å². The number of benzene rings is 1. The van der Waals surface area contributed by atoms with Crippen LogP contribution in [0.15, 0.2) is 73.3 Å². The highest BCUT2D eigenvalue weighted by molar-refractivity contribution is 5.97. The fourth-order valence-corrected chi connectivity index (χ4v) is 2.98. The van der Waals surface area contributed by atoms with Crippen LogP contribution < -0.4 is 5.32 Å². The van der Waals surface area contributed by atoms with E-state index in [2.05, 4.69) is 32.5 Å². The van der Waals surface area contributed by atoms with Crippen molar-refractivity contribution in [3.8, 4) is 0 Å². The van der Waals surface area contributed by atoms with Crippen molar-refractivity contribution in [2.24, 2.45) is 0 Å². The zero-order valence-electron chi connectivity index (χ0n) is 14.9. The predicted octanol–water partition coefficient (Wildman–Crippen LogP) is 3.37. The summed E-state index contributed by atoms with van der Waals surface area (Å²) in [7, 11) is 0. The number of amides is 1. The first kappa shape index (κ1) is 16.9. The zero-order valence-corrected chi connectivity index (χ0v) is 14.9. The van der Waals surface area contributed by atoms with E-state index in [9.17, 15) is 4.79 Å². The van der Waals surface area contributed by atoms with E-state index >= 15 is 0 Å². The monoisotopic (exact) mass is 357 g/mol. The second kappa shape index (κ2) is 7.37. The molecule has 0 aliphatic heterocycles. The Morgan fingerprint density at radius 2 is 1.89 bits per heavy atom. The van der Waals surface area contributed by atoms with E-state index in [4.69, 9.17) is 0 Å². The number of pyridine rings is 2. The van der Waals surface area contributed by atoms with E-state index in [-0.39, 0.29) is 11.9 Å². The standard InChI is InChI=1S/C21H19N5O/c1-15(17-7-9-22-10-8-17)25-21(27)19-11-18-13-24-26(20(18)23-12-19)14-16-5-3-2-4-6-16/h2-13,15H,14H2,1H3,(H,25,27). The molecule has 1 aromatic carbocycles. The summed E-state index contributed by atoms with van der Waals surface area (Å²) in [5, 5.41) is 8.25. The molecule has 0 fully saturated rings. The average Bonchev–Trinajstić information content (AvgIpc) is 3.11. The number of aromatic nitrogens is 4. The second-order valence-corrected chi connectivity index (χ2v) is 6.40. The fraction of sp³-hybridized carbons (Fsp3) is 0.143. The zero-order chi connectivity index (χ0) is 18.6. The highest BCUT2D eigenvalue weighted by Crippen LogP contribution is 2.16. The molecule has 6 nitrogen and oxygen atoms in total. The van der Waals surface area contributed by atoms with Crippen molar-refractivity contribution >= 4 is 16.9 Å². The van der Waals surface area contributed by atoms with E-state index in [0.29, 0.717) is 12.1 Å². The molecular weight excluding hydrogens is 338 g/mol. The van der Waals surface area contributed by atoms with Gasteiger partial charge in [0.15, 0.2) is 5.65 Å². The van der Waals surface area contributed by atoms with Crippen LogP contribution >= 0.6 is 0 Å². The molecule has 4 rings (SSSR count). The molecule has 0 bridgehead atoms. The third kappa shape index (κ3) is 3.69. The normalized spacial score (nSPS) is 12.0. The van der Waals surface area contributed by atoms with Crippen molar-refractivity contribution in [2.75, 3.05) is 0 Å². The molecular formula is C21H19N5O. The van der Waals surface area contributed by atoms with Crippen molar-refractivity contribution in [3.05, 3.63) is 90.0 Å². The van der Waals surface area contributed by atoms with Gasteiger partial charge < -0.3 is 5.32 Å². The first-order valence-electron chi connectivity index (χ1n) is 8.77. The largest absolute Gasteiger partial charge is 0.345 e. The SMILES string of the molecule is CC(NC(=O)c1cnc2c(cnn2Cc2ccccc2)c1)c1ccncc1. The van der Waals surface area contributed by atoms with Crippen LogP contribution in [0.25, 0.3) is 11.0 Å². The molecule has 0 spiro atoms. The first-order chi connectivity index (χ1) is 13.2. The molecule has 0 saturated carbocycles. The van der Waals surface area contributed by atoms with Gasteiger partial charge in [-0.3, -0.25) is 9.78 Å². The van der Waals surface area contributed by atoms with Gasteiger partial charge >= 0.3 is 0 Å². The number of carbonyl (C=O) groups is 1. The van der Waals surface area contributed by atoms with Gasteiger partial charge in [-0.2, -0.15) is 5.10 Å². The third-order valence-corrected chi connectivity index (χ3v) is 4.47. The molecule has 1 N–H and O–H groups in total. The van der Waals surface area contributed by atoms with Gasteiger partial charge in [0, 0.05) is 24.0 Å². The molecule has 4 aromatic rings. The molecule has 134 valence electrons. The molecule has 1 atom stereocenters. The lowest BCUT2D eigenvalue weighted by Gasteiger charge is -2.14. The Morgan fingerprint density at radius 1 is 1.11 bits per heavy atom. The number of rotatable bonds is 5. The van der Waals surface area contributed by atoms with Crippen molar-refractivity contribution < 1.29 is 4.79 Å². The number of fused-ring (bicyclic) bond motifs is 1. The molecule has 0 aliphatic rings. The maximum Gasteiger partial charge on any atom is 0.253 e. The van der Waals surface area contributed by atoms with Crippen molar-refractivity contribution in [1.29, 1.82) is 0 Å². The quantitative estimate of drug-likeness (QED) is 0.594. The minimum Gasteiger partial charge on any atom is -0.345 e. The van der Waals surface area contributed by atoms with Gasteiger partial charge in [0.25, 0.3) is 5.91 Å². The van der Waals surface area contributed by atoms with E-state index in [1.54, 1.807) is 24.8 Å². The molecule has 0 aliphatic carbocycles. The number of hydrogen-bond acceptors (Lipinski definition) is 4. The maximum absolute atomic E-state index is 12.6. The lowest BCUT2D eigenvalue weighted by atomic mass is 10.1. The Balaban J connectivity index is 1.53. The van der Waals surface area contributed by atoms with Gasteiger partial charge in [-0.15, -0.1) is 0 Å². The fourth-order valence-electron chi connectivity index (χ4n) is 2.98. The number of hydrogen-bond donors (Lipinski definition) is 1. The number of nitrogens with one attached hydrogen (secondary N) is 1. The Bertz CT molecular complexity index is 1060. The lowest BCUT2D eigenvalue weighted by Crippen LogP contribution is -2.26. The molecule has 0 saturated heterocycles. The van der Waals surface area contributed by atoms with E-state index in [1.165, 1.54) is 0 Å². The Morgan fingerprint density at radius 3 is 2.67 bits per heavy atom. The van der Waals surface area contributed by atoms with E-state index < -0.39 is 0 Å². The Kier molecular flexibility index (Phi) is 4.61. The topological polar surface area (TPSA) is 72.7 Å². The summed E-state index contributed by atoms with van der Waals surface area (Å²) in [6.07, 6.45) is 6.77. The Labute approximate surface area is 156 Å². The number of nitrogens with zero attached hydrogens (tertiary/aromatic N) is 4. The summed E-state index contributed by atoms with van der Waals surface area (Å²) in [4.78, 5) is 21.0. The maximum atomic E-state index is 12.6. The van der Waals surface area contributed by atoms with Crippen LogP contribution in [0.5, 0.6) is 0 Å². The van der Waals surface area contributed by atoms with Crippen LogP contribution in [-0.4, -0.2) is 25.7 Å². The summed E-state index contributed by atoms with van der Waals surface area (Å²) in [5.74, 6) is -0.162. The second-order valence-electron chi connectivity index (χ2n) is 6.40. The highest BCUT2D eigenvalue weighted by Gasteiger charge is 2.14. The average molecular weight is 357 g/mol. The van der Waals surface area contributed by atoms with Crippen LogP contribution in [0.2, 0.25) is 0 Å². The van der Waals surface area contributed by atoms with Gasteiger partial charge in [-0.25, -0.2) is 9.67 Å². The minimum absolute atomic E-state index is 0.114. The Hall–Kier alpha value is -3.54. The molecule has 3 heterocycles. The van der Waals surface area contributed by atoms with Crippen molar-refractivity contribution in [2.45, 2.75) is 19.5 Å². The summed E-state index contributed by atoms with van der Waals surface area (Å²) >= 11 is 0. The molecule has 3 aromatic heterocycles. The van der Waals surface area contributed by atoms with Crippen LogP contribution in [0, 0.1) is 0 Å². The van der Waals surface area contributed by atoms with E-state index in [1.807, 2.05) is 48.0 Å². The van der Waals surface area contributed by atoms with Gasteiger partial charge in [0.05, 0.1) is 24.3 Å². The van der Waals surface area contributed by atoms with Gasteiger partial charge in [0.2, 0.25) is 0 Å². The summed E-state index contributed by atoms with van der Waals surface area (Å²) in [6, 6.07) is 15.6. The van der Waals surface area contributed by atoms with Crippen molar-refractivity contribution in [3.63, 3.8) is 0 Å². The smallest absolute Gasteiger partial charge is 0.253 e. The highest BCUT2D eigenvalue weighted by atomic mass is 16.1. The van der Waals surface area contributed by atoms with Crippen LogP contribution in [0.3, 0.4) is 0 Å². The molecule has 6 heteroatoms. The number of carbonyl (C=O) groups excluding carboxylic acids is 1. The van der Waals surface area contributed by atoms with Crippen molar-refractivity contribution in [1.82, 2.24) is 25.1 Å². The lowest BCUT2D eigenvalue weighted by molar-refractivity contribution is 0.0939. The summed E-state index contributed by atoms with van der Waals surface area (Å²) in [6.45, 7) is 2.58. The molecule has 27 heavy (non-hydrogen) atoms. The summed E-state index contributed by atoms with van der Waals surface area (Å²) in [5.41, 5.74) is 3.43. The molecule has 1 unspecified atom stereocenters. The first-order valence-corrected chi connectivity index (χ1v) is 8.77. The van der Waals surface area contributed by atoms with Crippen LogP contribution in [-0.2, 0) is 6.54 Å². The van der Waals surface area contributed by atoms with Crippen LogP contribution in [0.4, 0.5) is 0 Å². The minimum atomic E-state index is -0.162. The molecule has 1 amide bonds. The van der Waals surface area contributed by atoms with Crippen LogP contribution in [0.1, 0.15) is 34.5 Å². The predicted molar refractivity (Wildman–Crippen MR) is 103 cm³/mol. The van der Waals surface area contributed by atoms with Gasteiger partial charge in [-0.05, 0) is 36.2 Å². The van der Waals surface area contributed by atoms with Gasteiger partial charge in [-0.1, -0.05) is 30.3 Å².